The van der Waals surface area contributed by atoms with Crippen molar-refractivity contribution in [3.8, 4) is 0 Å². The van der Waals surface area contributed by atoms with Gasteiger partial charge in [-0.05, 0) is 0 Å². The van der Waals surface area contributed by atoms with Crippen molar-refractivity contribution < 1.29 is 21.7 Å². The van der Waals surface area contributed by atoms with Crippen molar-refractivity contribution in [2.75, 3.05) is 0 Å². The van der Waals surface area contributed by atoms with Crippen LogP contribution in [0.2, 0.25) is 0 Å². The zero-order valence-corrected chi connectivity index (χ0v) is 4.48. The molecule has 2 heteroatoms. The van der Waals surface area contributed by atoms with E-state index in [1.165, 1.54) is 0 Å². The van der Waals surface area contributed by atoms with Crippen molar-refractivity contribution in [1.82, 2.24) is 6.15 Å². The van der Waals surface area contributed by atoms with Crippen molar-refractivity contribution in [1.29, 1.82) is 0 Å². The summed E-state index contributed by atoms with van der Waals surface area (Å²) in [5, 5.41) is 0. The molecule has 0 rings (SSSR count). The summed E-state index contributed by atoms with van der Waals surface area (Å²) in [6.45, 7) is 5.00. The third-order valence-corrected chi connectivity index (χ3v) is 0. The van der Waals surface area contributed by atoms with Gasteiger partial charge in [-0.15, -0.1) is 0 Å². The monoisotopic (exact) mass is 94.0 g/mol. The molecule has 0 aliphatic rings. The predicted molar refractivity (Wildman–Crippen MR) is 16.1 cm³/mol. The summed E-state index contributed by atoms with van der Waals surface area (Å²) < 4.78 is 0. The molecular formula is C2H8NTi-. The first-order valence-electron chi connectivity index (χ1n) is 0.707. The molecular weight excluding hydrogens is 85.9 g/mol. The van der Waals surface area contributed by atoms with Gasteiger partial charge in [-0.3, -0.25) is 0 Å². The minimum absolute atomic E-state index is 0. The average molecular weight is 94.0 g/mol. The zero-order chi connectivity index (χ0) is 2.00. The molecule has 26 valence electrons. The Balaban J connectivity index is -0.00000000500. The summed E-state index contributed by atoms with van der Waals surface area (Å²) >= 11 is 0. The Morgan fingerprint density at radius 1 is 1.25 bits per heavy atom. The topological polar surface area (TPSA) is 35.0 Å². The van der Waals surface area contributed by atoms with Gasteiger partial charge in [0.15, 0.2) is 0 Å². The Labute approximate surface area is 42.2 Å². The smallest absolute Gasteiger partial charge is 0 e. The van der Waals surface area contributed by atoms with Crippen LogP contribution in [0.4, 0.5) is 0 Å². The van der Waals surface area contributed by atoms with Crippen LogP contribution in [0.3, 0.4) is 0 Å². The van der Waals surface area contributed by atoms with Crippen LogP contribution in [-0.2, 0) is 21.7 Å². The van der Waals surface area contributed by atoms with E-state index in [-0.39, 0.29) is 27.9 Å². The van der Waals surface area contributed by atoms with E-state index < -0.39 is 0 Å². The first-order chi connectivity index (χ1) is 1.00. The molecule has 0 fully saturated rings. The van der Waals surface area contributed by atoms with Gasteiger partial charge in [-0.2, -0.15) is 6.92 Å². The van der Waals surface area contributed by atoms with E-state index in [0.29, 0.717) is 0 Å². The molecule has 0 radical (unpaired) electrons. The van der Waals surface area contributed by atoms with Gasteiger partial charge in [0.05, 0.1) is 0 Å². The average Bonchev–Trinajstić information content (AvgIpc) is 1.00. The molecule has 0 unspecified atom stereocenters. The summed E-state index contributed by atoms with van der Waals surface area (Å²) in [6, 6.07) is 0. The summed E-state index contributed by atoms with van der Waals surface area (Å²) in [6.07, 6.45) is 0. The summed E-state index contributed by atoms with van der Waals surface area (Å²) in [7, 11) is 0. The van der Waals surface area contributed by atoms with E-state index in [2.05, 4.69) is 6.92 Å². The van der Waals surface area contributed by atoms with E-state index in [4.69, 9.17) is 0 Å². The van der Waals surface area contributed by atoms with Crippen molar-refractivity contribution in [2.45, 2.75) is 6.92 Å². The minimum atomic E-state index is 0. The second kappa shape index (κ2) is 57.8. The van der Waals surface area contributed by atoms with Crippen molar-refractivity contribution in [3.05, 3.63) is 6.92 Å². The largest absolute Gasteiger partial charge is 0.346 e. The van der Waals surface area contributed by atoms with Gasteiger partial charge in [-0.25, -0.2) is 0 Å². The first kappa shape index (κ1) is 22.5. The van der Waals surface area contributed by atoms with E-state index in [1.807, 2.05) is 0 Å². The quantitative estimate of drug-likeness (QED) is 0.352. The standard InChI is InChI=1S/C2H5.H3N.Ti/c1-2;;/h1H2,2H3;1H3;/q-1;;. The number of rotatable bonds is 0. The molecule has 0 saturated heterocycles. The molecule has 1 nitrogen and oxygen atoms in total. The van der Waals surface area contributed by atoms with E-state index in [9.17, 15) is 0 Å². The fourth-order valence-corrected chi connectivity index (χ4v) is 0. The van der Waals surface area contributed by atoms with Crippen LogP contribution < -0.4 is 6.15 Å². The van der Waals surface area contributed by atoms with E-state index in [1.54, 1.807) is 6.92 Å². The normalized spacial score (nSPS) is 1.50. The number of hydrogen-bond acceptors (Lipinski definition) is 1. The molecule has 0 spiro atoms. The van der Waals surface area contributed by atoms with E-state index in [0.717, 1.165) is 0 Å². The van der Waals surface area contributed by atoms with Gasteiger partial charge in [0.1, 0.15) is 0 Å². The third kappa shape index (κ3) is 16.5. The fraction of sp³-hybridized carbons (Fsp3) is 0.500. The number of hydrogen-bond donors (Lipinski definition) is 1. The molecule has 0 bridgehead atoms. The maximum Gasteiger partial charge on any atom is 0 e. The Kier molecular flexibility index (Phi) is 325. The van der Waals surface area contributed by atoms with Gasteiger partial charge >= 0.3 is 0 Å². The van der Waals surface area contributed by atoms with Crippen LogP contribution in [0.25, 0.3) is 0 Å². The molecule has 0 aromatic carbocycles. The van der Waals surface area contributed by atoms with Crippen LogP contribution in [0.1, 0.15) is 6.92 Å². The Morgan fingerprint density at radius 3 is 1.25 bits per heavy atom. The second-order valence-electron chi connectivity index (χ2n) is 0. The third-order valence-electron chi connectivity index (χ3n) is 0. The Bertz CT molecular complexity index is 6.00. The zero-order valence-electron chi connectivity index (χ0n) is 2.91. The van der Waals surface area contributed by atoms with E-state index >= 15 is 0 Å². The molecule has 0 saturated carbocycles. The van der Waals surface area contributed by atoms with Crippen molar-refractivity contribution >= 4 is 0 Å². The Hall–Kier alpha value is 0.674. The van der Waals surface area contributed by atoms with Gasteiger partial charge < -0.3 is 13.1 Å². The molecule has 0 heterocycles. The van der Waals surface area contributed by atoms with Gasteiger partial charge in [0.25, 0.3) is 0 Å². The van der Waals surface area contributed by atoms with Gasteiger partial charge in [-0.1, -0.05) is 0 Å². The minimum Gasteiger partial charge on any atom is -0.346 e. The van der Waals surface area contributed by atoms with Gasteiger partial charge in [0.2, 0.25) is 0 Å². The summed E-state index contributed by atoms with van der Waals surface area (Å²) in [5.74, 6) is 0. The second-order valence-corrected chi connectivity index (χ2v) is 0. The summed E-state index contributed by atoms with van der Waals surface area (Å²) in [5.41, 5.74) is 0. The van der Waals surface area contributed by atoms with Gasteiger partial charge in [0, 0.05) is 21.7 Å². The maximum absolute atomic E-state index is 3.25. The van der Waals surface area contributed by atoms with Crippen LogP contribution in [0, 0.1) is 6.92 Å². The van der Waals surface area contributed by atoms with Crippen molar-refractivity contribution in [2.24, 2.45) is 0 Å². The van der Waals surface area contributed by atoms with Crippen LogP contribution >= 0.6 is 0 Å². The predicted octanol–water partition coefficient (Wildman–Crippen LogP) is 1.000. The molecule has 4 heavy (non-hydrogen) atoms. The van der Waals surface area contributed by atoms with Crippen LogP contribution in [0.15, 0.2) is 0 Å². The van der Waals surface area contributed by atoms with Crippen LogP contribution in [-0.4, -0.2) is 0 Å². The van der Waals surface area contributed by atoms with Crippen molar-refractivity contribution in [3.63, 3.8) is 0 Å². The first-order valence-corrected chi connectivity index (χ1v) is 0.707. The Morgan fingerprint density at radius 2 is 1.25 bits per heavy atom. The molecule has 3 N–H and O–H groups in total. The molecule has 0 amide bonds. The van der Waals surface area contributed by atoms with Crippen LogP contribution in [0.5, 0.6) is 0 Å². The molecule has 0 atom stereocenters. The molecule has 0 aromatic rings. The summed E-state index contributed by atoms with van der Waals surface area (Å²) in [4.78, 5) is 0. The molecule has 0 aromatic heterocycles. The molecule has 0 aliphatic carbocycles. The maximum atomic E-state index is 3.25. The SMILES string of the molecule is N.[CH2-]C.[Ti]. The fourth-order valence-electron chi connectivity index (χ4n) is 0. The molecule has 0 aliphatic heterocycles.